The lowest BCUT2D eigenvalue weighted by molar-refractivity contribution is 0.336. The zero-order chi connectivity index (χ0) is 13.8. The van der Waals surface area contributed by atoms with E-state index >= 15 is 0 Å². The third-order valence-corrected chi connectivity index (χ3v) is 4.42. The van der Waals surface area contributed by atoms with E-state index in [-0.39, 0.29) is 0 Å². The van der Waals surface area contributed by atoms with Crippen molar-refractivity contribution in [3.05, 3.63) is 34.9 Å². The lowest BCUT2D eigenvalue weighted by Crippen LogP contribution is -2.28. The van der Waals surface area contributed by atoms with Gasteiger partial charge >= 0.3 is 0 Å². The first-order chi connectivity index (χ1) is 9.10. The van der Waals surface area contributed by atoms with Crippen LogP contribution in [0.3, 0.4) is 0 Å². The van der Waals surface area contributed by atoms with Crippen LogP contribution in [0.5, 0.6) is 0 Å². The van der Waals surface area contributed by atoms with Gasteiger partial charge in [0.2, 0.25) is 0 Å². The Balaban J connectivity index is 1.86. The van der Waals surface area contributed by atoms with Crippen LogP contribution in [0.2, 0.25) is 0 Å². The predicted molar refractivity (Wildman–Crippen MR) is 82.6 cm³/mol. The van der Waals surface area contributed by atoms with E-state index in [4.69, 9.17) is 0 Å². The molecule has 1 aliphatic heterocycles. The predicted octanol–water partition coefficient (Wildman–Crippen LogP) is 3.30. The molecule has 0 radical (unpaired) electrons. The van der Waals surface area contributed by atoms with E-state index < -0.39 is 0 Å². The minimum Gasteiger partial charge on any atom is -0.310 e. The Morgan fingerprint density at radius 3 is 2.79 bits per heavy atom. The van der Waals surface area contributed by atoms with E-state index in [0.717, 1.165) is 12.5 Å². The van der Waals surface area contributed by atoms with Crippen molar-refractivity contribution >= 4 is 0 Å². The van der Waals surface area contributed by atoms with Crippen LogP contribution in [-0.4, -0.2) is 31.1 Å². The fraction of sp³-hybridized carbons (Fsp3) is 0.647. The molecule has 0 amide bonds. The molecule has 2 nitrogen and oxygen atoms in total. The van der Waals surface area contributed by atoms with E-state index in [1.807, 2.05) is 0 Å². The molecular weight excluding hydrogens is 232 g/mol. The summed E-state index contributed by atoms with van der Waals surface area (Å²) in [4.78, 5) is 2.55. The summed E-state index contributed by atoms with van der Waals surface area (Å²) in [5, 5.41) is 3.72. The normalized spacial score (nSPS) is 21.8. The van der Waals surface area contributed by atoms with E-state index in [0.29, 0.717) is 6.04 Å². The van der Waals surface area contributed by atoms with Gasteiger partial charge in [-0.25, -0.2) is 0 Å². The first-order valence-corrected chi connectivity index (χ1v) is 7.63. The van der Waals surface area contributed by atoms with E-state index in [1.54, 1.807) is 0 Å². The molecule has 0 aromatic heterocycles. The van der Waals surface area contributed by atoms with Crippen LogP contribution in [0.4, 0.5) is 0 Å². The molecule has 0 aliphatic carbocycles. The van der Waals surface area contributed by atoms with Crippen molar-refractivity contribution in [2.75, 3.05) is 26.2 Å². The van der Waals surface area contributed by atoms with Crippen molar-refractivity contribution in [2.45, 2.75) is 40.2 Å². The summed E-state index contributed by atoms with van der Waals surface area (Å²) < 4.78 is 0. The van der Waals surface area contributed by atoms with Gasteiger partial charge in [0.25, 0.3) is 0 Å². The van der Waals surface area contributed by atoms with Crippen molar-refractivity contribution in [3.63, 3.8) is 0 Å². The summed E-state index contributed by atoms with van der Waals surface area (Å²) in [6.07, 6.45) is 1.35. The average molecular weight is 260 g/mol. The quantitative estimate of drug-likeness (QED) is 0.874. The standard InChI is InChI=1S/C17H28N2/c1-5-19-9-8-16(12-19)11-18-15(4)17-7-6-13(2)10-14(17)3/h6-7,10,15-16,18H,5,8-9,11-12H2,1-4H3. The van der Waals surface area contributed by atoms with Gasteiger partial charge in [0, 0.05) is 12.6 Å². The molecular formula is C17H28N2. The second kappa shape index (κ2) is 6.53. The largest absolute Gasteiger partial charge is 0.310 e. The Kier molecular flexibility index (Phi) is 5.00. The highest BCUT2D eigenvalue weighted by molar-refractivity contribution is 5.32. The number of benzene rings is 1. The average Bonchev–Trinajstić information content (AvgIpc) is 2.84. The molecule has 2 unspecified atom stereocenters. The van der Waals surface area contributed by atoms with Crippen molar-refractivity contribution < 1.29 is 0 Å². The summed E-state index contributed by atoms with van der Waals surface area (Å²) in [6.45, 7) is 13.8. The van der Waals surface area contributed by atoms with Crippen molar-refractivity contribution in [2.24, 2.45) is 5.92 Å². The fourth-order valence-electron chi connectivity index (χ4n) is 3.13. The number of rotatable bonds is 5. The molecule has 0 spiro atoms. The van der Waals surface area contributed by atoms with Crippen LogP contribution in [0.25, 0.3) is 0 Å². The van der Waals surface area contributed by atoms with Crippen LogP contribution in [0, 0.1) is 19.8 Å². The van der Waals surface area contributed by atoms with Crippen molar-refractivity contribution in [3.8, 4) is 0 Å². The number of nitrogens with one attached hydrogen (secondary N) is 1. The van der Waals surface area contributed by atoms with Gasteiger partial charge < -0.3 is 10.2 Å². The molecule has 1 heterocycles. The highest BCUT2D eigenvalue weighted by atomic mass is 15.1. The van der Waals surface area contributed by atoms with Gasteiger partial charge in [-0.15, -0.1) is 0 Å². The topological polar surface area (TPSA) is 15.3 Å². The zero-order valence-electron chi connectivity index (χ0n) is 12.9. The van der Waals surface area contributed by atoms with E-state index in [1.165, 1.54) is 42.7 Å². The van der Waals surface area contributed by atoms with Gasteiger partial charge in [-0.3, -0.25) is 0 Å². The SMILES string of the molecule is CCN1CCC(CNC(C)c2ccc(C)cc2C)C1. The summed E-state index contributed by atoms with van der Waals surface area (Å²) in [7, 11) is 0. The van der Waals surface area contributed by atoms with E-state index in [2.05, 4.69) is 56.1 Å². The Hall–Kier alpha value is -0.860. The van der Waals surface area contributed by atoms with Crippen LogP contribution in [-0.2, 0) is 0 Å². The van der Waals surface area contributed by atoms with Crippen molar-refractivity contribution in [1.29, 1.82) is 0 Å². The summed E-state index contributed by atoms with van der Waals surface area (Å²) in [6, 6.07) is 7.22. The first-order valence-electron chi connectivity index (χ1n) is 7.63. The molecule has 1 aliphatic rings. The number of likely N-dealkylation sites (tertiary alicyclic amines) is 1. The molecule has 0 saturated carbocycles. The molecule has 1 saturated heterocycles. The maximum Gasteiger partial charge on any atom is 0.0294 e. The Morgan fingerprint density at radius 2 is 2.16 bits per heavy atom. The monoisotopic (exact) mass is 260 g/mol. The smallest absolute Gasteiger partial charge is 0.0294 e. The molecule has 2 atom stereocenters. The molecule has 2 heteroatoms. The van der Waals surface area contributed by atoms with Crippen molar-refractivity contribution in [1.82, 2.24) is 10.2 Å². The van der Waals surface area contributed by atoms with Gasteiger partial charge in [0.1, 0.15) is 0 Å². The summed E-state index contributed by atoms with van der Waals surface area (Å²) >= 11 is 0. The molecule has 1 N–H and O–H groups in total. The number of nitrogens with zero attached hydrogens (tertiary/aromatic N) is 1. The zero-order valence-corrected chi connectivity index (χ0v) is 12.9. The third kappa shape index (κ3) is 3.80. The molecule has 1 aromatic carbocycles. The molecule has 1 fully saturated rings. The van der Waals surface area contributed by atoms with E-state index in [9.17, 15) is 0 Å². The van der Waals surface area contributed by atoms with Gasteiger partial charge in [-0.2, -0.15) is 0 Å². The van der Waals surface area contributed by atoms with Crippen LogP contribution >= 0.6 is 0 Å². The highest BCUT2D eigenvalue weighted by Crippen LogP contribution is 2.20. The minimum absolute atomic E-state index is 0.455. The molecule has 0 bridgehead atoms. The molecule has 106 valence electrons. The number of aryl methyl sites for hydroxylation is 2. The molecule has 2 rings (SSSR count). The van der Waals surface area contributed by atoms with Crippen LogP contribution in [0.1, 0.15) is 43.0 Å². The van der Waals surface area contributed by atoms with Crippen LogP contribution < -0.4 is 5.32 Å². The van der Waals surface area contributed by atoms with Gasteiger partial charge in [-0.1, -0.05) is 30.7 Å². The van der Waals surface area contributed by atoms with Gasteiger partial charge in [0.15, 0.2) is 0 Å². The Bertz CT molecular complexity index is 414. The number of hydrogen-bond donors (Lipinski definition) is 1. The fourth-order valence-corrected chi connectivity index (χ4v) is 3.13. The Morgan fingerprint density at radius 1 is 1.37 bits per heavy atom. The van der Waals surface area contributed by atoms with Crippen LogP contribution in [0.15, 0.2) is 18.2 Å². The lowest BCUT2D eigenvalue weighted by atomic mass is 9.99. The Labute approximate surface area is 118 Å². The van der Waals surface area contributed by atoms with Gasteiger partial charge in [0.05, 0.1) is 0 Å². The maximum atomic E-state index is 3.72. The maximum absolute atomic E-state index is 3.72. The summed E-state index contributed by atoms with van der Waals surface area (Å²) in [5.41, 5.74) is 4.19. The highest BCUT2D eigenvalue weighted by Gasteiger charge is 2.21. The third-order valence-electron chi connectivity index (χ3n) is 4.42. The van der Waals surface area contributed by atoms with Gasteiger partial charge in [-0.05, 0) is 63.9 Å². The molecule has 19 heavy (non-hydrogen) atoms. The minimum atomic E-state index is 0.455. The summed E-state index contributed by atoms with van der Waals surface area (Å²) in [5.74, 6) is 0.827. The lowest BCUT2D eigenvalue weighted by Gasteiger charge is -2.20. The number of hydrogen-bond acceptors (Lipinski definition) is 2. The second-order valence-corrected chi connectivity index (χ2v) is 6.04. The first kappa shape index (κ1) is 14.5. The second-order valence-electron chi connectivity index (χ2n) is 6.04. The molecule has 1 aromatic rings.